The first-order chi connectivity index (χ1) is 9.72. The van der Waals surface area contributed by atoms with E-state index in [9.17, 15) is 0 Å². The predicted octanol–water partition coefficient (Wildman–Crippen LogP) is 3.94. The summed E-state index contributed by atoms with van der Waals surface area (Å²) in [6.45, 7) is 3.25. The molecule has 1 heterocycles. The van der Waals surface area contributed by atoms with Crippen molar-refractivity contribution in [1.82, 2.24) is 10.3 Å². The lowest BCUT2D eigenvalue weighted by Gasteiger charge is -2.13. The van der Waals surface area contributed by atoms with Crippen LogP contribution in [-0.4, -0.2) is 11.0 Å². The summed E-state index contributed by atoms with van der Waals surface area (Å²) in [5.74, 6) is 0.844. The summed E-state index contributed by atoms with van der Waals surface area (Å²) in [5.41, 5.74) is 2.00. The van der Waals surface area contributed by atoms with Gasteiger partial charge in [-0.3, -0.25) is 0 Å². The monoisotopic (exact) mass is 308 g/mol. The molecule has 1 aromatic carbocycles. The van der Waals surface area contributed by atoms with E-state index in [1.807, 2.05) is 30.5 Å². The number of aryl methyl sites for hydroxylation is 1. The fourth-order valence-electron chi connectivity index (χ4n) is 2.01. The number of benzene rings is 1. The second kappa shape index (κ2) is 6.12. The van der Waals surface area contributed by atoms with Crippen LogP contribution in [0.1, 0.15) is 29.1 Å². The van der Waals surface area contributed by atoms with Gasteiger partial charge < -0.3 is 10.1 Å². The fourth-order valence-corrected chi connectivity index (χ4v) is 2.84. The zero-order valence-electron chi connectivity index (χ0n) is 11.4. The van der Waals surface area contributed by atoms with Crippen LogP contribution >= 0.6 is 22.9 Å². The Morgan fingerprint density at radius 3 is 3.00 bits per heavy atom. The Morgan fingerprint density at radius 1 is 1.45 bits per heavy atom. The van der Waals surface area contributed by atoms with Crippen molar-refractivity contribution in [3.05, 3.63) is 44.9 Å². The number of ether oxygens (including phenoxy) is 1. The van der Waals surface area contributed by atoms with E-state index in [-0.39, 0.29) is 0 Å². The first-order valence-electron chi connectivity index (χ1n) is 6.77. The van der Waals surface area contributed by atoms with Crippen LogP contribution < -0.4 is 10.1 Å². The summed E-state index contributed by atoms with van der Waals surface area (Å²) < 4.78 is 5.89. The van der Waals surface area contributed by atoms with Crippen LogP contribution in [0.15, 0.2) is 23.6 Å². The third-order valence-electron chi connectivity index (χ3n) is 3.26. The van der Waals surface area contributed by atoms with Crippen molar-refractivity contribution in [2.45, 2.75) is 39.0 Å². The molecule has 20 heavy (non-hydrogen) atoms. The van der Waals surface area contributed by atoms with Gasteiger partial charge in [-0.1, -0.05) is 17.7 Å². The van der Waals surface area contributed by atoms with E-state index in [2.05, 4.69) is 10.3 Å². The van der Waals surface area contributed by atoms with Gasteiger partial charge in [0.2, 0.25) is 0 Å². The number of rotatable bonds is 6. The maximum atomic E-state index is 6.29. The number of halogens is 1. The summed E-state index contributed by atoms with van der Waals surface area (Å²) in [6, 6.07) is 6.45. The van der Waals surface area contributed by atoms with E-state index in [0.717, 1.165) is 33.6 Å². The Kier molecular flexibility index (Phi) is 4.24. The van der Waals surface area contributed by atoms with Crippen molar-refractivity contribution < 1.29 is 4.74 Å². The Balaban J connectivity index is 1.68. The molecule has 0 saturated heterocycles. The summed E-state index contributed by atoms with van der Waals surface area (Å²) >= 11 is 7.93. The molecule has 0 radical (unpaired) electrons. The number of nitrogens with one attached hydrogen (secondary N) is 1. The smallest absolute Gasteiger partial charge is 0.131 e. The van der Waals surface area contributed by atoms with E-state index >= 15 is 0 Å². The molecule has 0 spiro atoms. The Bertz CT molecular complexity index is 595. The van der Waals surface area contributed by atoms with Gasteiger partial charge in [-0.2, -0.15) is 0 Å². The molecule has 0 unspecified atom stereocenters. The quantitative estimate of drug-likeness (QED) is 0.878. The molecular weight excluding hydrogens is 292 g/mol. The number of hydrogen-bond donors (Lipinski definition) is 1. The molecule has 5 heteroatoms. The van der Waals surface area contributed by atoms with Crippen molar-refractivity contribution in [3.8, 4) is 5.75 Å². The standard InChI is InChI=1S/C15H17ClN2OS/c1-10-18-12(9-20-10)8-19-15-4-2-3-14(16)13(15)7-17-11-5-6-11/h2-4,9,11,17H,5-8H2,1H3. The van der Waals surface area contributed by atoms with Gasteiger partial charge >= 0.3 is 0 Å². The van der Waals surface area contributed by atoms with E-state index < -0.39 is 0 Å². The van der Waals surface area contributed by atoms with Crippen LogP contribution in [0.3, 0.4) is 0 Å². The molecule has 2 aromatic rings. The summed E-state index contributed by atoms with van der Waals surface area (Å²) in [6.07, 6.45) is 2.53. The van der Waals surface area contributed by atoms with Crippen LogP contribution in [-0.2, 0) is 13.2 Å². The van der Waals surface area contributed by atoms with Crippen LogP contribution in [0.25, 0.3) is 0 Å². The molecule has 1 fully saturated rings. The SMILES string of the molecule is Cc1nc(COc2cccc(Cl)c2CNC2CC2)cs1. The number of hydrogen-bond acceptors (Lipinski definition) is 4. The van der Waals surface area contributed by atoms with Gasteiger partial charge in [-0.05, 0) is 31.9 Å². The molecule has 3 rings (SSSR count). The molecular formula is C15H17ClN2OS. The largest absolute Gasteiger partial charge is 0.487 e. The van der Waals surface area contributed by atoms with Gasteiger partial charge in [0.1, 0.15) is 12.4 Å². The normalized spacial score (nSPS) is 14.5. The highest BCUT2D eigenvalue weighted by molar-refractivity contribution is 7.09. The van der Waals surface area contributed by atoms with Gasteiger partial charge in [0.05, 0.1) is 10.7 Å². The van der Waals surface area contributed by atoms with Gasteiger partial charge in [0, 0.05) is 28.6 Å². The second-order valence-corrected chi connectivity index (χ2v) is 6.49. The van der Waals surface area contributed by atoms with Crippen molar-refractivity contribution in [1.29, 1.82) is 0 Å². The summed E-state index contributed by atoms with van der Waals surface area (Å²) in [7, 11) is 0. The first kappa shape index (κ1) is 13.9. The molecule has 0 bridgehead atoms. The molecule has 1 aliphatic carbocycles. The van der Waals surface area contributed by atoms with Crippen molar-refractivity contribution in [3.63, 3.8) is 0 Å². The Hall–Kier alpha value is -1.10. The van der Waals surface area contributed by atoms with E-state index in [4.69, 9.17) is 16.3 Å². The van der Waals surface area contributed by atoms with E-state index in [1.165, 1.54) is 12.8 Å². The van der Waals surface area contributed by atoms with Crippen LogP contribution in [0.5, 0.6) is 5.75 Å². The average molecular weight is 309 g/mol. The highest BCUT2D eigenvalue weighted by Crippen LogP contribution is 2.28. The van der Waals surface area contributed by atoms with Crippen molar-refractivity contribution in [2.24, 2.45) is 0 Å². The summed E-state index contributed by atoms with van der Waals surface area (Å²) in [4.78, 5) is 4.41. The molecule has 0 atom stereocenters. The minimum absolute atomic E-state index is 0.487. The third kappa shape index (κ3) is 3.51. The molecule has 1 aromatic heterocycles. The van der Waals surface area contributed by atoms with E-state index in [1.54, 1.807) is 11.3 Å². The highest BCUT2D eigenvalue weighted by atomic mass is 35.5. The molecule has 1 saturated carbocycles. The van der Waals surface area contributed by atoms with Crippen molar-refractivity contribution >= 4 is 22.9 Å². The third-order valence-corrected chi connectivity index (χ3v) is 4.44. The lowest BCUT2D eigenvalue weighted by molar-refractivity contribution is 0.298. The predicted molar refractivity (Wildman–Crippen MR) is 82.5 cm³/mol. The second-order valence-electron chi connectivity index (χ2n) is 5.02. The zero-order valence-corrected chi connectivity index (χ0v) is 12.9. The van der Waals surface area contributed by atoms with Crippen LogP contribution in [0.4, 0.5) is 0 Å². The van der Waals surface area contributed by atoms with Crippen LogP contribution in [0, 0.1) is 6.92 Å². The van der Waals surface area contributed by atoms with Gasteiger partial charge in [0.15, 0.2) is 0 Å². The van der Waals surface area contributed by atoms with Gasteiger partial charge in [-0.25, -0.2) is 4.98 Å². The van der Waals surface area contributed by atoms with E-state index in [0.29, 0.717) is 12.6 Å². The molecule has 1 aliphatic rings. The minimum Gasteiger partial charge on any atom is -0.487 e. The lowest BCUT2D eigenvalue weighted by atomic mass is 10.2. The molecule has 0 aliphatic heterocycles. The molecule has 106 valence electrons. The maximum Gasteiger partial charge on any atom is 0.131 e. The Labute approximate surface area is 127 Å². The number of thiazole rings is 1. The van der Waals surface area contributed by atoms with Gasteiger partial charge in [-0.15, -0.1) is 11.3 Å². The van der Waals surface area contributed by atoms with Crippen LogP contribution in [0.2, 0.25) is 5.02 Å². The highest BCUT2D eigenvalue weighted by Gasteiger charge is 2.21. The topological polar surface area (TPSA) is 34.1 Å². The minimum atomic E-state index is 0.487. The fraction of sp³-hybridized carbons (Fsp3) is 0.400. The Morgan fingerprint density at radius 2 is 2.30 bits per heavy atom. The molecule has 3 nitrogen and oxygen atoms in total. The van der Waals surface area contributed by atoms with Gasteiger partial charge in [0.25, 0.3) is 0 Å². The number of nitrogens with zero attached hydrogens (tertiary/aromatic N) is 1. The molecule has 0 amide bonds. The first-order valence-corrected chi connectivity index (χ1v) is 8.02. The number of aromatic nitrogens is 1. The maximum absolute atomic E-state index is 6.29. The zero-order chi connectivity index (χ0) is 13.9. The summed E-state index contributed by atoms with van der Waals surface area (Å²) in [5, 5.41) is 7.32. The molecule has 1 N–H and O–H groups in total. The lowest BCUT2D eigenvalue weighted by Crippen LogP contribution is -2.16. The van der Waals surface area contributed by atoms with Crippen molar-refractivity contribution in [2.75, 3.05) is 0 Å². The average Bonchev–Trinajstić information content (AvgIpc) is 3.17.